The van der Waals surface area contributed by atoms with Crippen molar-refractivity contribution in [3.8, 4) is 0 Å². The highest BCUT2D eigenvalue weighted by Gasteiger charge is 1.90. The topological polar surface area (TPSA) is 54.4 Å². The molecule has 5 heteroatoms. The largest absolute Gasteiger partial charge is 0.295 e. The molecule has 0 fully saturated rings. The first kappa shape index (κ1) is 7.72. The lowest BCUT2D eigenvalue weighted by Crippen LogP contribution is -1.87. The van der Waals surface area contributed by atoms with Gasteiger partial charge in [0.1, 0.15) is 5.41 Å². The SMILES string of the molecule is O=S(=O)(O)C=C=CCl. The number of halogens is 1. The summed E-state index contributed by atoms with van der Waals surface area (Å²) in [5.74, 6) is 0. The van der Waals surface area contributed by atoms with E-state index >= 15 is 0 Å². The van der Waals surface area contributed by atoms with Gasteiger partial charge in [-0.3, -0.25) is 4.55 Å². The smallest absolute Gasteiger partial charge is 0.282 e. The summed E-state index contributed by atoms with van der Waals surface area (Å²) < 4.78 is 27.4. The average Bonchev–Trinajstić information content (AvgIpc) is 1.59. The minimum atomic E-state index is -4.04. The van der Waals surface area contributed by atoms with Crippen molar-refractivity contribution in [2.75, 3.05) is 0 Å². The molecule has 0 saturated carbocycles. The normalized spacial score (nSPS) is 9.75. The third-order valence-electron chi connectivity index (χ3n) is 0.280. The first-order valence-corrected chi connectivity index (χ1v) is 3.49. The maximum absolute atomic E-state index is 9.75. The van der Waals surface area contributed by atoms with E-state index in [1.807, 2.05) is 5.73 Å². The van der Waals surface area contributed by atoms with Gasteiger partial charge in [0.2, 0.25) is 0 Å². The molecule has 0 amide bonds. The Labute approximate surface area is 52.0 Å². The summed E-state index contributed by atoms with van der Waals surface area (Å²) in [6, 6.07) is 0. The molecule has 0 heterocycles. The van der Waals surface area contributed by atoms with E-state index in [4.69, 9.17) is 16.2 Å². The van der Waals surface area contributed by atoms with Crippen LogP contribution in [0.1, 0.15) is 0 Å². The van der Waals surface area contributed by atoms with Gasteiger partial charge in [0, 0.05) is 5.54 Å². The Morgan fingerprint density at radius 1 is 1.62 bits per heavy atom. The van der Waals surface area contributed by atoms with Crippen LogP contribution in [0.15, 0.2) is 16.7 Å². The van der Waals surface area contributed by atoms with Crippen LogP contribution >= 0.6 is 11.6 Å². The Kier molecular flexibility index (Phi) is 2.79. The molecule has 0 aromatic carbocycles. The van der Waals surface area contributed by atoms with Gasteiger partial charge < -0.3 is 0 Å². The Balaban J connectivity index is 4.37. The summed E-state index contributed by atoms with van der Waals surface area (Å²) in [7, 11) is -4.04. The van der Waals surface area contributed by atoms with Gasteiger partial charge in [-0.15, -0.1) is 0 Å². The predicted molar refractivity (Wildman–Crippen MR) is 30.1 cm³/mol. The lowest BCUT2D eigenvalue weighted by Gasteiger charge is -1.74. The average molecular weight is 155 g/mol. The quantitative estimate of drug-likeness (QED) is 0.448. The molecule has 1 N–H and O–H groups in total. The minimum Gasteiger partial charge on any atom is -0.282 e. The molecule has 0 aromatic heterocycles. The van der Waals surface area contributed by atoms with Crippen molar-refractivity contribution in [3.63, 3.8) is 0 Å². The number of hydrogen-bond donors (Lipinski definition) is 1. The summed E-state index contributed by atoms with van der Waals surface area (Å²) in [6.07, 6.45) is 0. The summed E-state index contributed by atoms with van der Waals surface area (Å²) >= 11 is 4.86. The van der Waals surface area contributed by atoms with Crippen LogP contribution in [-0.2, 0) is 10.1 Å². The van der Waals surface area contributed by atoms with Crippen molar-refractivity contribution in [2.45, 2.75) is 0 Å². The van der Waals surface area contributed by atoms with E-state index in [0.717, 1.165) is 5.54 Å². The molecule has 46 valence electrons. The molecule has 0 aliphatic rings. The predicted octanol–water partition coefficient (Wildman–Crippen LogP) is 0.739. The van der Waals surface area contributed by atoms with Crippen LogP contribution in [0, 0.1) is 0 Å². The van der Waals surface area contributed by atoms with Gasteiger partial charge in [-0.1, -0.05) is 17.3 Å². The maximum atomic E-state index is 9.75. The second-order valence-corrected chi connectivity index (χ2v) is 2.39. The van der Waals surface area contributed by atoms with Gasteiger partial charge in [-0.05, 0) is 0 Å². The molecule has 0 saturated heterocycles. The van der Waals surface area contributed by atoms with Crippen LogP contribution in [0.5, 0.6) is 0 Å². The first-order valence-electron chi connectivity index (χ1n) is 1.55. The fraction of sp³-hybridized carbons (Fsp3) is 0. The fourth-order valence-corrected chi connectivity index (χ4v) is 0.489. The molecular weight excluding hydrogens is 152 g/mol. The van der Waals surface area contributed by atoms with Gasteiger partial charge in [-0.2, -0.15) is 8.42 Å². The fourth-order valence-electron chi connectivity index (χ4n) is 0.112. The molecule has 0 atom stereocenters. The molecule has 0 aliphatic heterocycles. The molecule has 0 aromatic rings. The molecule has 0 rings (SSSR count). The molecule has 8 heavy (non-hydrogen) atoms. The second kappa shape index (κ2) is 2.89. The standard InChI is InChI=1S/C3H3ClO3S/c4-2-1-3-8(5,6)7/h2-3H,(H,5,6,7). The van der Waals surface area contributed by atoms with Crippen molar-refractivity contribution in [2.24, 2.45) is 0 Å². The van der Waals surface area contributed by atoms with E-state index in [9.17, 15) is 8.42 Å². The Bertz CT molecular complexity index is 209. The lowest BCUT2D eigenvalue weighted by molar-refractivity contribution is 0.494. The summed E-state index contributed by atoms with van der Waals surface area (Å²) in [6.45, 7) is 0. The van der Waals surface area contributed by atoms with Gasteiger partial charge >= 0.3 is 0 Å². The van der Waals surface area contributed by atoms with Crippen molar-refractivity contribution < 1.29 is 13.0 Å². The lowest BCUT2D eigenvalue weighted by atomic mass is 11.0. The van der Waals surface area contributed by atoms with E-state index in [-0.39, 0.29) is 0 Å². The molecule has 3 nitrogen and oxygen atoms in total. The van der Waals surface area contributed by atoms with E-state index in [1.54, 1.807) is 0 Å². The highest BCUT2D eigenvalue weighted by molar-refractivity contribution is 7.88. The van der Waals surface area contributed by atoms with E-state index in [0.29, 0.717) is 5.41 Å². The van der Waals surface area contributed by atoms with Gasteiger partial charge in [0.25, 0.3) is 10.1 Å². The Morgan fingerprint density at radius 2 is 2.12 bits per heavy atom. The summed E-state index contributed by atoms with van der Waals surface area (Å²) in [5, 5.41) is 0.458. The van der Waals surface area contributed by atoms with E-state index in [2.05, 4.69) is 0 Å². The van der Waals surface area contributed by atoms with E-state index < -0.39 is 10.1 Å². The van der Waals surface area contributed by atoms with Crippen LogP contribution in [0.4, 0.5) is 0 Å². The van der Waals surface area contributed by atoms with Crippen molar-refractivity contribution >= 4 is 21.7 Å². The minimum absolute atomic E-state index is 0.458. The van der Waals surface area contributed by atoms with Crippen LogP contribution in [0.3, 0.4) is 0 Å². The van der Waals surface area contributed by atoms with Gasteiger partial charge in [-0.25, -0.2) is 0 Å². The van der Waals surface area contributed by atoms with Crippen molar-refractivity contribution in [3.05, 3.63) is 16.7 Å². The number of hydrogen-bond acceptors (Lipinski definition) is 2. The van der Waals surface area contributed by atoms with Crippen LogP contribution in [0.25, 0.3) is 0 Å². The zero-order chi connectivity index (χ0) is 6.62. The number of rotatable bonds is 1. The van der Waals surface area contributed by atoms with Crippen LogP contribution in [0.2, 0.25) is 0 Å². The highest BCUT2D eigenvalue weighted by atomic mass is 35.5. The molecule has 0 bridgehead atoms. The van der Waals surface area contributed by atoms with E-state index in [1.165, 1.54) is 0 Å². The molecular formula is C3H3ClO3S. The molecule has 0 unspecified atom stereocenters. The first-order chi connectivity index (χ1) is 3.56. The highest BCUT2D eigenvalue weighted by Crippen LogP contribution is 1.81. The Morgan fingerprint density at radius 3 is 2.25 bits per heavy atom. The maximum Gasteiger partial charge on any atom is 0.295 e. The molecule has 0 aliphatic carbocycles. The monoisotopic (exact) mass is 154 g/mol. The molecule has 0 spiro atoms. The zero-order valence-electron chi connectivity index (χ0n) is 3.70. The van der Waals surface area contributed by atoms with Crippen molar-refractivity contribution in [1.82, 2.24) is 0 Å². The third-order valence-corrected chi connectivity index (χ3v) is 0.840. The van der Waals surface area contributed by atoms with Crippen molar-refractivity contribution in [1.29, 1.82) is 0 Å². The van der Waals surface area contributed by atoms with Crippen LogP contribution < -0.4 is 0 Å². The summed E-state index contributed by atoms with van der Waals surface area (Å²) in [5.41, 5.74) is 2.82. The Hall–Kier alpha value is -0.280. The third kappa shape index (κ3) is 5.72. The van der Waals surface area contributed by atoms with Gasteiger partial charge in [0.05, 0.1) is 0 Å². The second-order valence-electron chi connectivity index (χ2n) is 0.909. The van der Waals surface area contributed by atoms with Gasteiger partial charge in [0.15, 0.2) is 0 Å². The van der Waals surface area contributed by atoms with Crippen LogP contribution in [-0.4, -0.2) is 13.0 Å². The molecule has 0 radical (unpaired) electrons. The summed E-state index contributed by atoms with van der Waals surface area (Å²) in [4.78, 5) is 0. The zero-order valence-corrected chi connectivity index (χ0v) is 5.28.